The monoisotopic (exact) mass is 490 g/mol. The van der Waals surface area contributed by atoms with E-state index in [4.69, 9.17) is 4.74 Å². The molecule has 2 aromatic carbocycles. The summed E-state index contributed by atoms with van der Waals surface area (Å²) in [4.78, 5) is 49.0. The molecule has 1 unspecified atom stereocenters. The smallest absolute Gasteiger partial charge is 0.307 e. The van der Waals surface area contributed by atoms with Crippen molar-refractivity contribution in [3.05, 3.63) is 69.7 Å². The van der Waals surface area contributed by atoms with Crippen molar-refractivity contribution in [2.24, 2.45) is 0 Å². The number of hydrogen-bond acceptors (Lipinski definition) is 7. The van der Waals surface area contributed by atoms with Crippen LogP contribution in [0.15, 0.2) is 53.3 Å². The first-order valence-electron chi connectivity index (χ1n) is 11.7. The van der Waals surface area contributed by atoms with Gasteiger partial charge in [0.15, 0.2) is 6.10 Å². The van der Waals surface area contributed by atoms with Gasteiger partial charge in [0.25, 0.3) is 11.5 Å². The van der Waals surface area contributed by atoms with E-state index in [0.717, 1.165) is 28.1 Å². The number of carbonyl (C=O) groups is 2. The standard InChI is InChI=1S/C26H26N4O4S/c1-16(25(32)29(2)15-23-28-20-9-5-6-10-21(20)35-23)34-24(31)14-13-22-27-19-8-4-3-7-18(19)26(33)30(22)17-11-12-17/h3-10,16-17H,11-15H2,1-2H3. The largest absolute Gasteiger partial charge is 0.453 e. The second kappa shape index (κ2) is 9.58. The zero-order chi connectivity index (χ0) is 24.5. The van der Waals surface area contributed by atoms with Crippen LogP contribution in [0.3, 0.4) is 0 Å². The quantitative estimate of drug-likeness (QED) is 0.348. The highest BCUT2D eigenvalue weighted by atomic mass is 32.1. The summed E-state index contributed by atoms with van der Waals surface area (Å²) in [7, 11) is 1.67. The van der Waals surface area contributed by atoms with Gasteiger partial charge in [-0.2, -0.15) is 0 Å². The Bertz CT molecular complexity index is 1440. The van der Waals surface area contributed by atoms with Crippen molar-refractivity contribution in [2.75, 3.05) is 7.05 Å². The number of amides is 1. The first-order valence-corrected chi connectivity index (χ1v) is 12.5. The Balaban J connectivity index is 1.21. The lowest BCUT2D eigenvalue weighted by Gasteiger charge is -2.20. The van der Waals surface area contributed by atoms with E-state index in [2.05, 4.69) is 9.97 Å². The molecule has 4 aromatic rings. The number of esters is 1. The van der Waals surface area contributed by atoms with Crippen LogP contribution in [0.25, 0.3) is 21.1 Å². The molecule has 1 amide bonds. The van der Waals surface area contributed by atoms with E-state index >= 15 is 0 Å². The van der Waals surface area contributed by atoms with Gasteiger partial charge in [-0.15, -0.1) is 11.3 Å². The second-order valence-electron chi connectivity index (χ2n) is 8.85. The van der Waals surface area contributed by atoms with E-state index in [1.807, 2.05) is 36.4 Å². The summed E-state index contributed by atoms with van der Waals surface area (Å²) in [5.41, 5.74) is 1.46. The molecule has 180 valence electrons. The molecule has 1 atom stereocenters. The van der Waals surface area contributed by atoms with Crippen LogP contribution in [0.5, 0.6) is 0 Å². The number of benzene rings is 2. The minimum Gasteiger partial charge on any atom is -0.453 e. The zero-order valence-corrected chi connectivity index (χ0v) is 20.5. The van der Waals surface area contributed by atoms with E-state index in [1.54, 1.807) is 30.7 Å². The van der Waals surface area contributed by atoms with Crippen LogP contribution < -0.4 is 5.56 Å². The van der Waals surface area contributed by atoms with Crippen LogP contribution in [0, 0.1) is 0 Å². The third-order valence-electron chi connectivity index (χ3n) is 6.09. The van der Waals surface area contributed by atoms with Crippen molar-refractivity contribution >= 4 is 44.3 Å². The average molecular weight is 491 g/mol. The molecule has 9 heteroatoms. The third-order valence-corrected chi connectivity index (χ3v) is 7.11. The van der Waals surface area contributed by atoms with Crippen LogP contribution in [-0.4, -0.2) is 44.5 Å². The van der Waals surface area contributed by atoms with E-state index in [0.29, 0.717) is 23.3 Å². The van der Waals surface area contributed by atoms with Gasteiger partial charge in [-0.3, -0.25) is 19.0 Å². The molecule has 0 N–H and O–H groups in total. The molecule has 1 aliphatic rings. The Kier molecular flexibility index (Phi) is 6.34. The highest BCUT2D eigenvalue weighted by molar-refractivity contribution is 7.18. The van der Waals surface area contributed by atoms with Crippen molar-refractivity contribution in [3.8, 4) is 0 Å². The minimum absolute atomic E-state index is 0.0384. The minimum atomic E-state index is -0.919. The molecule has 2 heterocycles. The van der Waals surface area contributed by atoms with Gasteiger partial charge < -0.3 is 9.64 Å². The number of nitrogens with zero attached hydrogens (tertiary/aromatic N) is 4. The third kappa shape index (κ3) is 4.95. The number of rotatable bonds is 8. The second-order valence-corrected chi connectivity index (χ2v) is 9.97. The van der Waals surface area contributed by atoms with Crippen LogP contribution >= 0.6 is 11.3 Å². The van der Waals surface area contributed by atoms with Crippen LogP contribution in [-0.2, 0) is 27.3 Å². The predicted molar refractivity (Wildman–Crippen MR) is 134 cm³/mol. The number of aromatic nitrogens is 3. The number of carbonyl (C=O) groups excluding carboxylic acids is 2. The molecule has 0 saturated heterocycles. The molecule has 0 bridgehead atoms. The Labute approximate surface area is 206 Å². The predicted octanol–water partition coefficient (Wildman–Crippen LogP) is 3.86. The van der Waals surface area contributed by atoms with E-state index in [9.17, 15) is 14.4 Å². The Morgan fingerprint density at radius 1 is 1.11 bits per heavy atom. The normalized spacial score (nSPS) is 14.2. The molecular formula is C26H26N4O4S. The molecule has 35 heavy (non-hydrogen) atoms. The van der Waals surface area contributed by atoms with Crippen LogP contribution in [0.2, 0.25) is 0 Å². The lowest BCUT2D eigenvalue weighted by molar-refractivity contribution is -0.158. The van der Waals surface area contributed by atoms with Crippen molar-refractivity contribution in [1.82, 2.24) is 19.4 Å². The molecule has 1 saturated carbocycles. The fourth-order valence-electron chi connectivity index (χ4n) is 4.18. The summed E-state index contributed by atoms with van der Waals surface area (Å²) in [6, 6.07) is 15.2. The van der Waals surface area contributed by atoms with Crippen molar-refractivity contribution in [1.29, 1.82) is 0 Å². The molecule has 1 fully saturated rings. The van der Waals surface area contributed by atoms with Crippen molar-refractivity contribution in [2.45, 2.75) is 51.3 Å². The summed E-state index contributed by atoms with van der Waals surface area (Å²) in [5.74, 6) is -0.208. The van der Waals surface area contributed by atoms with Gasteiger partial charge in [0, 0.05) is 19.5 Å². The summed E-state index contributed by atoms with van der Waals surface area (Å²) in [6.07, 6.45) is 1.26. The lowest BCUT2D eigenvalue weighted by atomic mass is 10.2. The van der Waals surface area contributed by atoms with Crippen LogP contribution in [0.1, 0.15) is 43.1 Å². The van der Waals surface area contributed by atoms with Crippen molar-refractivity contribution < 1.29 is 14.3 Å². The average Bonchev–Trinajstić information content (AvgIpc) is 3.60. The highest BCUT2D eigenvalue weighted by Crippen LogP contribution is 2.35. The van der Waals surface area contributed by atoms with Gasteiger partial charge in [-0.1, -0.05) is 24.3 Å². The number of fused-ring (bicyclic) bond motifs is 2. The Morgan fingerprint density at radius 2 is 1.83 bits per heavy atom. The molecular weight excluding hydrogens is 464 g/mol. The number of ether oxygens (including phenoxy) is 1. The Hall–Kier alpha value is -3.59. The van der Waals surface area contributed by atoms with Gasteiger partial charge in [-0.05, 0) is 44.0 Å². The number of para-hydroxylation sites is 2. The Morgan fingerprint density at radius 3 is 2.57 bits per heavy atom. The van der Waals surface area contributed by atoms with E-state index < -0.39 is 12.1 Å². The summed E-state index contributed by atoms with van der Waals surface area (Å²) >= 11 is 1.54. The SMILES string of the molecule is CC(OC(=O)CCc1nc2ccccc2c(=O)n1C1CC1)C(=O)N(C)Cc1nc2ccccc2s1. The molecule has 0 aliphatic heterocycles. The summed E-state index contributed by atoms with van der Waals surface area (Å²) < 4.78 is 8.21. The lowest BCUT2D eigenvalue weighted by Crippen LogP contribution is -2.37. The molecule has 5 rings (SSSR count). The molecule has 1 aliphatic carbocycles. The number of likely N-dealkylation sites (N-methyl/N-ethyl adjacent to an activating group) is 1. The highest BCUT2D eigenvalue weighted by Gasteiger charge is 2.29. The van der Waals surface area contributed by atoms with Crippen molar-refractivity contribution in [3.63, 3.8) is 0 Å². The van der Waals surface area contributed by atoms with Gasteiger partial charge >= 0.3 is 5.97 Å². The first-order chi connectivity index (χ1) is 16.9. The van der Waals surface area contributed by atoms with Crippen LogP contribution in [0.4, 0.5) is 0 Å². The summed E-state index contributed by atoms with van der Waals surface area (Å²) in [6.45, 7) is 1.91. The fourth-order valence-corrected chi connectivity index (χ4v) is 5.20. The molecule has 2 aromatic heterocycles. The topological polar surface area (TPSA) is 94.4 Å². The fraction of sp³-hybridized carbons (Fsp3) is 0.346. The number of hydrogen-bond donors (Lipinski definition) is 0. The number of aryl methyl sites for hydroxylation is 1. The van der Waals surface area contributed by atoms with Gasteiger partial charge in [-0.25, -0.2) is 9.97 Å². The summed E-state index contributed by atoms with van der Waals surface area (Å²) in [5, 5.41) is 1.40. The van der Waals surface area contributed by atoms with E-state index in [-0.39, 0.29) is 30.3 Å². The number of thiazole rings is 1. The van der Waals surface area contributed by atoms with Gasteiger partial charge in [0.2, 0.25) is 0 Å². The molecule has 8 nitrogen and oxygen atoms in total. The molecule has 0 spiro atoms. The maximum Gasteiger partial charge on any atom is 0.307 e. The maximum atomic E-state index is 13.0. The van der Waals surface area contributed by atoms with Gasteiger partial charge in [0.05, 0.1) is 34.1 Å². The first kappa shape index (κ1) is 23.2. The van der Waals surface area contributed by atoms with Gasteiger partial charge in [0.1, 0.15) is 10.8 Å². The maximum absolute atomic E-state index is 13.0. The zero-order valence-electron chi connectivity index (χ0n) is 19.6. The molecule has 0 radical (unpaired) electrons. The van der Waals surface area contributed by atoms with E-state index in [1.165, 1.54) is 16.2 Å².